The molecule has 5 atom stereocenters. The van der Waals surface area contributed by atoms with Crippen LogP contribution in [-0.4, -0.2) is 19.1 Å². The SMILES string of the molecule is CCC(C)CNCC1C2CCC(C2)C1N. The molecule has 0 radical (unpaired) electrons. The van der Waals surface area contributed by atoms with Crippen LogP contribution in [0.5, 0.6) is 0 Å². The third-order valence-corrected chi connectivity index (χ3v) is 4.73. The molecule has 0 saturated heterocycles. The summed E-state index contributed by atoms with van der Waals surface area (Å²) >= 11 is 0. The Morgan fingerprint density at radius 1 is 1.33 bits per heavy atom. The highest BCUT2D eigenvalue weighted by Gasteiger charge is 2.45. The molecular weight excluding hydrogens is 184 g/mol. The fourth-order valence-corrected chi connectivity index (χ4v) is 3.40. The number of rotatable bonds is 5. The van der Waals surface area contributed by atoms with Crippen molar-refractivity contribution in [2.45, 2.75) is 45.6 Å². The zero-order chi connectivity index (χ0) is 10.8. The molecule has 2 aliphatic rings. The lowest BCUT2D eigenvalue weighted by Gasteiger charge is -2.28. The van der Waals surface area contributed by atoms with Crippen molar-refractivity contribution >= 4 is 0 Å². The van der Waals surface area contributed by atoms with Crippen molar-refractivity contribution in [1.29, 1.82) is 0 Å². The number of nitrogens with one attached hydrogen (secondary N) is 1. The Bertz CT molecular complexity index is 203. The average Bonchev–Trinajstić information content (AvgIpc) is 2.81. The van der Waals surface area contributed by atoms with Gasteiger partial charge in [-0.25, -0.2) is 0 Å². The topological polar surface area (TPSA) is 38.0 Å². The second kappa shape index (κ2) is 4.84. The van der Waals surface area contributed by atoms with Gasteiger partial charge in [0.1, 0.15) is 0 Å². The maximum atomic E-state index is 6.27. The van der Waals surface area contributed by atoms with Crippen molar-refractivity contribution in [3.63, 3.8) is 0 Å². The highest BCUT2D eigenvalue weighted by molar-refractivity contribution is 4.99. The maximum absolute atomic E-state index is 6.27. The molecule has 0 aromatic carbocycles. The Balaban J connectivity index is 1.71. The molecule has 3 N–H and O–H groups in total. The predicted molar refractivity (Wildman–Crippen MR) is 64.6 cm³/mol. The molecule has 15 heavy (non-hydrogen) atoms. The Labute approximate surface area is 94.0 Å². The summed E-state index contributed by atoms with van der Waals surface area (Å²) in [7, 11) is 0. The van der Waals surface area contributed by atoms with Crippen LogP contribution < -0.4 is 11.1 Å². The van der Waals surface area contributed by atoms with Gasteiger partial charge in [0, 0.05) is 6.04 Å². The molecule has 5 unspecified atom stereocenters. The molecule has 0 heterocycles. The van der Waals surface area contributed by atoms with Crippen molar-refractivity contribution < 1.29 is 0 Å². The average molecular weight is 210 g/mol. The third kappa shape index (κ3) is 2.36. The number of nitrogens with two attached hydrogens (primary N) is 1. The van der Waals surface area contributed by atoms with Crippen molar-refractivity contribution in [2.75, 3.05) is 13.1 Å². The summed E-state index contributed by atoms with van der Waals surface area (Å²) in [4.78, 5) is 0. The first kappa shape index (κ1) is 11.4. The standard InChI is InChI=1S/C13H26N2/c1-3-9(2)7-15-8-12-10-4-5-11(6-10)13(12)14/h9-13,15H,3-8,14H2,1-2H3. The van der Waals surface area contributed by atoms with E-state index in [0.29, 0.717) is 6.04 Å². The van der Waals surface area contributed by atoms with Crippen LogP contribution in [0.3, 0.4) is 0 Å². The van der Waals surface area contributed by atoms with Crippen molar-refractivity contribution in [3.05, 3.63) is 0 Å². The van der Waals surface area contributed by atoms with Gasteiger partial charge in [-0.15, -0.1) is 0 Å². The second-order valence-corrected chi connectivity index (χ2v) is 5.75. The summed E-state index contributed by atoms with van der Waals surface area (Å²) in [5.74, 6) is 3.37. The van der Waals surface area contributed by atoms with Crippen molar-refractivity contribution in [2.24, 2.45) is 29.4 Å². The van der Waals surface area contributed by atoms with Gasteiger partial charge in [0.2, 0.25) is 0 Å². The first-order chi connectivity index (χ1) is 7.22. The molecule has 88 valence electrons. The summed E-state index contributed by atoms with van der Waals surface area (Å²) in [6, 6.07) is 0.494. The molecule has 2 nitrogen and oxygen atoms in total. The maximum Gasteiger partial charge on any atom is 0.0110 e. The molecule has 2 aliphatic carbocycles. The van der Waals surface area contributed by atoms with Gasteiger partial charge in [0.05, 0.1) is 0 Å². The lowest BCUT2D eigenvalue weighted by atomic mass is 9.85. The molecule has 0 amide bonds. The minimum atomic E-state index is 0.494. The molecule has 2 bridgehead atoms. The lowest BCUT2D eigenvalue weighted by Crippen LogP contribution is -2.42. The van der Waals surface area contributed by atoms with Gasteiger partial charge < -0.3 is 11.1 Å². The lowest BCUT2D eigenvalue weighted by molar-refractivity contribution is 0.274. The van der Waals surface area contributed by atoms with E-state index < -0.39 is 0 Å². The molecule has 2 rings (SSSR count). The number of hydrogen-bond acceptors (Lipinski definition) is 2. The van der Waals surface area contributed by atoms with Gasteiger partial charge >= 0.3 is 0 Å². The molecular formula is C13H26N2. The Kier molecular flexibility index (Phi) is 3.68. The van der Waals surface area contributed by atoms with Crippen LogP contribution in [-0.2, 0) is 0 Å². The summed E-state index contributed by atoms with van der Waals surface area (Å²) in [5, 5.41) is 3.61. The summed E-state index contributed by atoms with van der Waals surface area (Å²) in [6.45, 7) is 6.90. The van der Waals surface area contributed by atoms with Crippen molar-refractivity contribution in [1.82, 2.24) is 5.32 Å². The van der Waals surface area contributed by atoms with Crippen LogP contribution in [0.2, 0.25) is 0 Å². The predicted octanol–water partition coefficient (Wildman–Crippen LogP) is 2.00. The molecule has 0 aromatic heterocycles. The highest BCUT2D eigenvalue weighted by Crippen LogP contribution is 2.47. The number of hydrogen-bond donors (Lipinski definition) is 2. The van der Waals surface area contributed by atoms with Gasteiger partial charge in [-0.1, -0.05) is 20.3 Å². The van der Waals surface area contributed by atoms with E-state index in [1.165, 1.54) is 25.7 Å². The van der Waals surface area contributed by atoms with Crippen LogP contribution in [0.4, 0.5) is 0 Å². The largest absolute Gasteiger partial charge is 0.327 e. The van der Waals surface area contributed by atoms with Crippen LogP contribution in [0.15, 0.2) is 0 Å². The molecule has 2 heteroatoms. The Hall–Kier alpha value is -0.0800. The minimum Gasteiger partial charge on any atom is -0.327 e. The van der Waals surface area contributed by atoms with E-state index in [2.05, 4.69) is 19.2 Å². The van der Waals surface area contributed by atoms with E-state index in [0.717, 1.165) is 36.8 Å². The Morgan fingerprint density at radius 3 is 2.67 bits per heavy atom. The second-order valence-electron chi connectivity index (χ2n) is 5.75. The molecule has 2 saturated carbocycles. The molecule has 0 aromatic rings. The van der Waals surface area contributed by atoms with E-state index in [9.17, 15) is 0 Å². The van der Waals surface area contributed by atoms with Gasteiger partial charge in [0.25, 0.3) is 0 Å². The third-order valence-electron chi connectivity index (χ3n) is 4.73. The minimum absolute atomic E-state index is 0.494. The quantitative estimate of drug-likeness (QED) is 0.728. The van der Waals surface area contributed by atoms with Gasteiger partial charge in [-0.05, 0) is 56.0 Å². The van der Waals surface area contributed by atoms with Crippen LogP contribution >= 0.6 is 0 Å². The van der Waals surface area contributed by atoms with Crippen LogP contribution in [0.25, 0.3) is 0 Å². The van der Waals surface area contributed by atoms with E-state index in [1.807, 2.05) is 0 Å². The summed E-state index contributed by atoms with van der Waals surface area (Å²) in [5.41, 5.74) is 6.27. The zero-order valence-electron chi connectivity index (χ0n) is 10.2. The normalized spacial score (nSPS) is 41.0. The van der Waals surface area contributed by atoms with E-state index in [1.54, 1.807) is 0 Å². The highest BCUT2D eigenvalue weighted by atomic mass is 14.9. The van der Waals surface area contributed by atoms with Crippen molar-refractivity contribution in [3.8, 4) is 0 Å². The first-order valence-electron chi connectivity index (χ1n) is 6.68. The smallest absolute Gasteiger partial charge is 0.0110 e. The summed E-state index contributed by atoms with van der Waals surface area (Å²) < 4.78 is 0. The molecule has 2 fully saturated rings. The molecule has 0 aliphatic heterocycles. The van der Waals surface area contributed by atoms with E-state index in [-0.39, 0.29) is 0 Å². The molecule has 0 spiro atoms. The van der Waals surface area contributed by atoms with Crippen LogP contribution in [0, 0.1) is 23.7 Å². The fourth-order valence-electron chi connectivity index (χ4n) is 3.40. The zero-order valence-corrected chi connectivity index (χ0v) is 10.2. The first-order valence-corrected chi connectivity index (χ1v) is 6.68. The Morgan fingerprint density at radius 2 is 2.07 bits per heavy atom. The number of fused-ring (bicyclic) bond motifs is 2. The fraction of sp³-hybridized carbons (Fsp3) is 1.00. The van der Waals surface area contributed by atoms with Gasteiger partial charge in [-0.3, -0.25) is 0 Å². The monoisotopic (exact) mass is 210 g/mol. The van der Waals surface area contributed by atoms with Crippen LogP contribution in [0.1, 0.15) is 39.5 Å². The van der Waals surface area contributed by atoms with E-state index >= 15 is 0 Å². The van der Waals surface area contributed by atoms with E-state index in [4.69, 9.17) is 5.73 Å². The van der Waals surface area contributed by atoms with Gasteiger partial charge in [0.15, 0.2) is 0 Å². The van der Waals surface area contributed by atoms with Gasteiger partial charge in [-0.2, -0.15) is 0 Å². The summed E-state index contributed by atoms with van der Waals surface area (Å²) in [6.07, 6.45) is 5.52.